The van der Waals surface area contributed by atoms with Crippen LogP contribution in [0.3, 0.4) is 0 Å². The average molecular weight is 585 g/mol. The number of benzene rings is 3. The summed E-state index contributed by atoms with van der Waals surface area (Å²) in [5.41, 5.74) is 3.49. The molecule has 0 saturated carbocycles. The van der Waals surface area contributed by atoms with Gasteiger partial charge in [0.05, 0.1) is 6.61 Å². The summed E-state index contributed by atoms with van der Waals surface area (Å²) in [4.78, 5) is 12.8. The van der Waals surface area contributed by atoms with E-state index < -0.39 is 0 Å². The molecule has 0 aromatic heterocycles. The van der Waals surface area contributed by atoms with E-state index >= 15 is 0 Å². The number of fused-ring (bicyclic) bond motifs is 1. The maximum atomic E-state index is 12.8. The number of ketones is 1. The van der Waals surface area contributed by atoms with E-state index in [0.717, 1.165) is 50.0 Å². The van der Waals surface area contributed by atoms with Crippen molar-refractivity contribution < 1.29 is 9.53 Å². The molecule has 1 atom stereocenters. The highest BCUT2D eigenvalue weighted by molar-refractivity contribution is 5.97. The van der Waals surface area contributed by atoms with E-state index in [9.17, 15) is 4.79 Å². The Balaban J connectivity index is 1.32. The molecule has 0 saturated heterocycles. The minimum Gasteiger partial charge on any atom is -0.494 e. The molecule has 0 spiro atoms. The van der Waals surface area contributed by atoms with Gasteiger partial charge in [-0.25, -0.2) is 0 Å². The first-order chi connectivity index (χ1) is 21.1. The van der Waals surface area contributed by atoms with Crippen LogP contribution in [0.2, 0.25) is 0 Å². The summed E-state index contributed by atoms with van der Waals surface area (Å²) >= 11 is 0. The lowest BCUT2D eigenvalue weighted by molar-refractivity contribution is 0.0922. The fourth-order valence-electron chi connectivity index (χ4n) is 6.07. The van der Waals surface area contributed by atoms with Gasteiger partial charge in [0.15, 0.2) is 5.78 Å². The van der Waals surface area contributed by atoms with Gasteiger partial charge in [0.1, 0.15) is 5.75 Å². The largest absolute Gasteiger partial charge is 0.494 e. The molecule has 3 aromatic rings. The first-order valence-corrected chi connectivity index (χ1v) is 17.9. The van der Waals surface area contributed by atoms with E-state index in [1.807, 2.05) is 12.1 Å². The average Bonchev–Trinajstić information content (AvgIpc) is 3.04. The van der Waals surface area contributed by atoms with Crippen LogP contribution < -0.4 is 4.74 Å². The van der Waals surface area contributed by atoms with Crippen LogP contribution in [0, 0.1) is 5.92 Å². The molecule has 3 rings (SSSR count). The van der Waals surface area contributed by atoms with Gasteiger partial charge in [-0.15, -0.1) is 0 Å². The summed E-state index contributed by atoms with van der Waals surface area (Å²) in [6, 6.07) is 21.6. The summed E-state index contributed by atoms with van der Waals surface area (Å²) in [5.74, 6) is 1.38. The maximum Gasteiger partial charge on any atom is 0.165 e. The molecule has 236 valence electrons. The number of hydrogen-bond donors (Lipinski definition) is 0. The lowest BCUT2D eigenvalue weighted by Crippen LogP contribution is -2.11. The Labute approximate surface area is 264 Å². The number of rotatable bonds is 24. The van der Waals surface area contributed by atoms with Crippen LogP contribution in [0.25, 0.3) is 10.8 Å². The van der Waals surface area contributed by atoms with Crippen molar-refractivity contribution in [1.29, 1.82) is 0 Å². The van der Waals surface area contributed by atoms with Crippen molar-refractivity contribution in [2.75, 3.05) is 6.61 Å². The Morgan fingerprint density at radius 2 is 1.09 bits per heavy atom. The Morgan fingerprint density at radius 3 is 1.74 bits per heavy atom. The van der Waals surface area contributed by atoms with Gasteiger partial charge in [-0.3, -0.25) is 4.79 Å². The number of Topliss-reactive ketones (excluding diaryl/α,β-unsaturated/α-hetero) is 1. The van der Waals surface area contributed by atoms with Crippen molar-refractivity contribution in [3.05, 3.63) is 77.4 Å². The molecule has 0 aliphatic carbocycles. The third-order valence-electron chi connectivity index (χ3n) is 9.02. The predicted molar refractivity (Wildman–Crippen MR) is 187 cm³/mol. The van der Waals surface area contributed by atoms with Gasteiger partial charge in [0, 0.05) is 11.5 Å². The fourth-order valence-corrected chi connectivity index (χ4v) is 6.07. The SMILES string of the molecule is CCCCCCCCCCCCCCOc1ccc2cc(CCc3ccc(C(=O)[C@H](C)CCCCCC)cc3)ccc2c1. The zero-order valence-corrected chi connectivity index (χ0v) is 27.8. The third-order valence-corrected chi connectivity index (χ3v) is 9.02. The Kier molecular flexibility index (Phi) is 17.2. The molecule has 0 amide bonds. The summed E-state index contributed by atoms with van der Waals surface area (Å²) in [6.07, 6.45) is 24.2. The maximum absolute atomic E-state index is 12.8. The molecule has 0 fully saturated rings. The van der Waals surface area contributed by atoms with E-state index in [0.29, 0.717) is 0 Å². The van der Waals surface area contributed by atoms with Gasteiger partial charge in [-0.1, -0.05) is 166 Å². The van der Waals surface area contributed by atoms with Crippen molar-refractivity contribution in [2.45, 2.75) is 143 Å². The van der Waals surface area contributed by atoms with Crippen molar-refractivity contribution >= 4 is 16.6 Å². The van der Waals surface area contributed by atoms with Gasteiger partial charge < -0.3 is 4.74 Å². The molecule has 43 heavy (non-hydrogen) atoms. The molecule has 0 N–H and O–H groups in total. The third kappa shape index (κ3) is 13.7. The highest BCUT2D eigenvalue weighted by Gasteiger charge is 2.14. The molecule has 2 heteroatoms. The second-order valence-corrected chi connectivity index (χ2v) is 12.9. The number of aryl methyl sites for hydroxylation is 2. The predicted octanol–water partition coefficient (Wildman–Crippen LogP) is 12.5. The first kappa shape index (κ1) is 34.9. The Hall–Kier alpha value is -2.61. The second kappa shape index (κ2) is 21.2. The van der Waals surface area contributed by atoms with E-state index in [-0.39, 0.29) is 11.7 Å². The molecule has 0 bridgehead atoms. The van der Waals surface area contributed by atoms with E-state index in [2.05, 4.69) is 69.3 Å². The van der Waals surface area contributed by atoms with Crippen LogP contribution in [-0.2, 0) is 12.8 Å². The van der Waals surface area contributed by atoms with Crippen LogP contribution in [0.15, 0.2) is 60.7 Å². The molecule has 0 radical (unpaired) electrons. The quantitative estimate of drug-likeness (QED) is 0.0773. The second-order valence-electron chi connectivity index (χ2n) is 12.9. The Morgan fingerprint density at radius 1 is 0.581 bits per heavy atom. The molecule has 2 nitrogen and oxygen atoms in total. The minimum absolute atomic E-state index is 0.112. The van der Waals surface area contributed by atoms with Crippen LogP contribution >= 0.6 is 0 Å². The van der Waals surface area contributed by atoms with Crippen LogP contribution in [0.4, 0.5) is 0 Å². The van der Waals surface area contributed by atoms with Crippen molar-refractivity contribution in [3.63, 3.8) is 0 Å². The van der Waals surface area contributed by atoms with Gasteiger partial charge in [-0.2, -0.15) is 0 Å². The standard InChI is InChI=1S/C41H60O2/c1-4-6-8-10-11-12-13-14-15-16-17-19-31-43-40-30-29-38-32-36(25-28-39(38)33-40)22-21-35-23-26-37(27-24-35)41(42)34(3)20-18-9-7-5-2/h23-30,32-34H,4-22,31H2,1-3H3/t34-/m1/s1. The molecular weight excluding hydrogens is 524 g/mol. The topological polar surface area (TPSA) is 26.3 Å². The molecule has 0 aliphatic heterocycles. The molecular formula is C41H60O2. The summed E-state index contributed by atoms with van der Waals surface area (Å²) < 4.78 is 6.09. The molecule has 0 unspecified atom stereocenters. The van der Waals surface area contributed by atoms with Crippen LogP contribution in [-0.4, -0.2) is 12.4 Å². The zero-order chi connectivity index (χ0) is 30.5. The van der Waals surface area contributed by atoms with Gasteiger partial charge in [0.2, 0.25) is 0 Å². The monoisotopic (exact) mass is 584 g/mol. The molecule has 0 aliphatic rings. The van der Waals surface area contributed by atoms with E-state index in [4.69, 9.17) is 4.74 Å². The minimum atomic E-state index is 0.112. The lowest BCUT2D eigenvalue weighted by atomic mass is 9.93. The number of hydrogen-bond acceptors (Lipinski definition) is 2. The number of carbonyl (C=O) groups is 1. The van der Waals surface area contributed by atoms with Gasteiger partial charge in [-0.05, 0) is 59.7 Å². The number of ether oxygens (including phenoxy) is 1. The smallest absolute Gasteiger partial charge is 0.165 e. The lowest BCUT2D eigenvalue weighted by Gasteiger charge is -2.11. The highest BCUT2D eigenvalue weighted by atomic mass is 16.5. The van der Waals surface area contributed by atoms with E-state index in [1.54, 1.807) is 0 Å². The zero-order valence-electron chi connectivity index (χ0n) is 27.8. The van der Waals surface area contributed by atoms with Crippen molar-refractivity contribution in [2.24, 2.45) is 5.92 Å². The van der Waals surface area contributed by atoms with Crippen LogP contribution in [0.1, 0.15) is 151 Å². The van der Waals surface area contributed by atoms with E-state index in [1.165, 1.54) is 112 Å². The normalized spacial score (nSPS) is 12.1. The number of carbonyl (C=O) groups excluding carboxylic acids is 1. The molecule has 3 aromatic carbocycles. The fraction of sp³-hybridized carbons (Fsp3) is 0.585. The van der Waals surface area contributed by atoms with Gasteiger partial charge in [0.25, 0.3) is 0 Å². The Bertz CT molecular complexity index is 1160. The first-order valence-electron chi connectivity index (χ1n) is 17.9. The summed E-state index contributed by atoms with van der Waals surface area (Å²) in [5, 5.41) is 2.51. The van der Waals surface area contributed by atoms with Crippen molar-refractivity contribution in [1.82, 2.24) is 0 Å². The van der Waals surface area contributed by atoms with Crippen molar-refractivity contribution in [3.8, 4) is 5.75 Å². The number of unbranched alkanes of at least 4 members (excludes halogenated alkanes) is 14. The summed E-state index contributed by atoms with van der Waals surface area (Å²) in [7, 11) is 0. The molecule has 0 heterocycles. The van der Waals surface area contributed by atoms with Gasteiger partial charge >= 0.3 is 0 Å². The highest BCUT2D eigenvalue weighted by Crippen LogP contribution is 2.24. The van der Waals surface area contributed by atoms with Crippen LogP contribution in [0.5, 0.6) is 5.75 Å². The summed E-state index contributed by atoms with van der Waals surface area (Å²) in [6.45, 7) is 7.40.